The van der Waals surface area contributed by atoms with Gasteiger partial charge in [-0.2, -0.15) is 0 Å². The van der Waals surface area contributed by atoms with E-state index in [-0.39, 0.29) is 12.6 Å². The van der Waals surface area contributed by atoms with Crippen LogP contribution in [0.5, 0.6) is 0 Å². The summed E-state index contributed by atoms with van der Waals surface area (Å²) in [7, 11) is 1.60. The summed E-state index contributed by atoms with van der Waals surface area (Å²) in [6, 6.07) is 11.8. The number of furan rings is 1. The molecule has 2 aromatic rings. The maximum Gasteiger partial charge on any atom is 0.309 e. The van der Waals surface area contributed by atoms with Crippen molar-refractivity contribution in [1.82, 2.24) is 10.6 Å². The lowest BCUT2D eigenvalue weighted by atomic mass is 10.1. The van der Waals surface area contributed by atoms with Crippen LogP contribution in [0.25, 0.3) is 0 Å². The fourth-order valence-corrected chi connectivity index (χ4v) is 3.30. The number of ether oxygens (including phenoxy) is 1. The van der Waals surface area contributed by atoms with Gasteiger partial charge in [0.15, 0.2) is 0 Å². The number of hydrogen-bond acceptors (Lipinski definition) is 5. The van der Waals surface area contributed by atoms with Crippen LogP contribution >= 0.6 is 0 Å². The SMILES string of the molecule is COCCCNC(=O)C(=O)NC[C@@H](c1ccco1)N1CCc2ccccc21. The van der Waals surface area contributed by atoms with Gasteiger partial charge < -0.3 is 24.7 Å². The summed E-state index contributed by atoms with van der Waals surface area (Å²) >= 11 is 0. The summed E-state index contributed by atoms with van der Waals surface area (Å²) in [6.45, 7) is 2.06. The lowest BCUT2D eigenvalue weighted by Crippen LogP contribution is -2.44. The Labute approximate surface area is 158 Å². The second kappa shape index (κ2) is 9.23. The first kappa shape index (κ1) is 19.0. The first-order valence-corrected chi connectivity index (χ1v) is 9.13. The van der Waals surface area contributed by atoms with Gasteiger partial charge in [0.05, 0.1) is 6.26 Å². The molecule has 2 heterocycles. The third-order valence-electron chi connectivity index (χ3n) is 4.64. The number of nitrogens with zero attached hydrogens (tertiary/aromatic N) is 1. The number of nitrogens with one attached hydrogen (secondary N) is 2. The Kier molecular flexibility index (Phi) is 6.49. The summed E-state index contributed by atoms with van der Waals surface area (Å²) < 4.78 is 10.5. The molecule has 1 aliphatic rings. The molecular weight excluding hydrogens is 346 g/mol. The molecule has 0 bridgehead atoms. The highest BCUT2D eigenvalue weighted by molar-refractivity contribution is 6.35. The molecule has 3 rings (SSSR count). The quantitative estimate of drug-likeness (QED) is 0.545. The lowest BCUT2D eigenvalue weighted by molar-refractivity contribution is -0.139. The van der Waals surface area contributed by atoms with E-state index < -0.39 is 11.8 Å². The summed E-state index contributed by atoms with van der Waals surface area (Å²) in [6.07, 6.45) is 3.23. The molecule has 0 saturated heterocycles. The molecule has 0 fully saturated rings. The maximum atomic E-state index is 12.1. The first-order chi connectivity index (χ1) is 13.2. The molecule has 0 radical (unpaired) electrons. The summed E-state index contributed by atoms with van der Waals surface area (Å²) in [5, 5.41) is 5.33. The lowest BCUT2D eigenvalue weighted by Gasteiger charge is -2.29. The molecule has 1 atom stereocenters. The summed E-state index contributed by atoms with van der Waals surface area (Å²) in [4.78, 5) is 26.3. The minimum absolute atomic E-state index is 0.172. The van der Waals surface area contributed by atoms with Crippen LogP contribution in [0.3, 0.4) is 0 Å². The Hall–Kier alpha value is -2.80. The van der Waals surface area contributed by atoms with E-state index in [0.717, 1.165) is 24.4 Å². The zero-order chi connectivity index (χ0) is 19.1. The Bertz CT molecular complexity index is 760. The molecule has 1 aromatic carbocycles. The van der Waals surface area contributed by atoms with Crippen LogP contribution in [0, 0.1) is 0 Å². The van der Waals surface area contributed by atoms with E-state index in [9.17, 15) is 9.59 Å². The van der Waals surface area contributed by atoms with Crippen LogP contribution in [-0.2, 0) is 20.7 Å². The Morgan fingerprint density at radius 3 is 2.78 bits per heavy atom. The summed E-state index contributed by atoms with van der Waals surface area (Å²) in [5.41, 5.74) is 2.41. The normalized spacial score (nSPS) is 13.9. The number of para-hydroxylation sites is 1. The predicted octanol–water partition coefficient (Wildman–Crippen LogP) is 1.65. The van der Waals surface area contributed by atoms with Gasteiger partial charge in [-0.15, -0.1) is 0 Å². The van der Waals surface area contributed by atoms with Crippen molar-refractivity contribution < 1.29 is 18.7 Å². The Morgan fingerprint density at radius 1 is 1.19 bits per heavy atom. The zero-order valence-corrected chi connectivity index (χ0v) is 15.4. The van der Waals surface area contributed by atoms with Crippen molar-refractivity contribution in [3.63, 3.8) is 0 Å². The van der Waals surface area contributed by atoms with Gasteiger partial charge in [-0.3, -0.25) is 9.59 Å². The fraction of sp³-hybridized carbons (Fsp3) is 0.400. The highest BCUT2D eigenvalue weighted by Gasteiger charge is 2.29. The molecular formula is C20H25N3O4. The van der Waals surface area contributed by atoms with Crippen molar-refractivity contribution >= 4 is 17.5 Å². The van der Waals surface area contributed by atoms with Gasteiger partial charge in [0.25, 0.3) is 0 Å². The number of benzene rings is 1. The second-order valence-electron chi connectivity index (χ2n) is 6.42. The highest BCUT2D eigenvalue weighted by Crippen LogP contribution is 2.34. The molecule has 0 unspecified atom stereocenters. The van der Waals surface area contributed by atoms with E-state index in [2.05, 4.69) is 27.7 Å². The van der Waals surface area contributed by atoms with E-state index in [1.54, 1.807) is 13.4 Å². The van der Waals surface area contributed by atoms with E-state index in [1.165, 1.54) is 5.56 Å². The molecule has 1 aromatic heterocycles. The van der Waals surface area contributed by atoms with Gasteiger partial charge in [0, 0.05) is 39.0 Å². The maximum absolute atomic E-state index is 12.1. The van der Waals surface area contributed by atoms with Gasteiger partial charge in [-0.1, -0.05) is 18.2 Å². The fourth-order valence-electron chi connectivity index (χ4n) is 3.30. The van der Waals surface area contributed by atoms with Crippen molar-refractivity contribution in [2.24, 2.45) is 0 Å². The molecule has 144 valence electrons. The van der Waals surface area contributed by atoms with Gasteiger partial charge in [-0.25, -0.2) is 0 Å². The molecule has 0 saturated carbocycles. The zero-order valence-electron chi connectivity index (χ0n) is 15.4. The van der Waals surface area contributed by atoms with Crippen LogP contribution in [0.2, 0.25) is 0 Å². The van der Waals surface area contributed by atoms with Crippen LogP contribution < -0.4 is 15.5 Å². The topological polar surface area (TPSA) is 83.8 Å². The van der Waals surface area contributed by atoms with Crippen molar-refractivity contribution in [2.75, 3.05) is 38.3 Å². The van der Waals surface area contributed by atoms with E-state index in [1.807, 2.05) is 24.3 Å². The van der Waals surface area contributed by atoms with Crippen LogP contribution in [0.4, 0.5) is 5.69 Å². The monoisotopic (exact) mass is 371 g/mol. The Morgan fingerprint density at radius 2 is 2.00 bits per heavy atom. The van der Waals surface area contributed by atoms with Crippen molar-refractivity contribution in [1.29, 1.82) is 0 Å². The van der Waals surface area contributed by atoms with Gasteiger partial charge >= 0.3 is 11.8 Å². The number of methoxy groups -OCH3 is 1. The van der Waals surface area contributed by atoms with Crippen LogP contribution in [0.1, 0.15) is 23.8 Å². The minimum Gasteiger partial charge on any atom is -0.467 e. The number of hydrogen-bond donors (Lipinski definition) is 2. The molecule has 2 N–H and O–H groups in total. The second-order valence-corrected chi connectivity index (χ2v) is 6.42. The highest BCUT2D eigenvalue weighted by atomic mass is 16.5. The molecule has 2 amide bonds. The predicted molar refractivity (Wildman–Crippen MR) is 101 cm³/mol. The molecule has 0 aliphatic carbocycles. The van der Waals surface area contributed by atoms with E-state index >= 15 is 0 Å². The molecule has 0 spiro atoms. The average Bonchev–Trinajstić information content (AvgIpc) is 3.36. The van der Waals surface area contributed by atoms with E-state index in [4.69, 9.17) is 9.15 Å². The first-order valence-electron chi connectivity index (χ1n) is 9.13. The number of amides is 2. The summed E-state index contributed by atoms with van der Waals surface area (Å²) in [5.74, 6) is -0.518. The van der Waals surface area contributed by atoms with Crippen molar-refractivity contribution in [3.8, 4) is 0 Å². The third-order valence-corrected chi connectivity index (χ3v) is 4.64. The number of fused-ring (bicyclic) bond motifs is 1. The number of anilines is 1. The molecule has 7 heteroatoms. The number of carbonyl (C=O) groups is 2. The Balaban J connectivity index is 1.62. The van der Waals surface area contributed by atoms with Crippen LogP contribution in [-0.4, -0.2) is 45.2 Å². The van der Waals surface area contributed by atoms with Gasteiger partial charge in [0.1, 0.15) is 11.8 Å². The third kappa shape index (κ3) is 4.68. The van der Waals surface area contributed by atoms with Crippen molar-refractivity contribution in [3.05, 3.63) is 54.0 Å². The molecule has 1 aliphatic heterocycles. The van der Waals surface area contributed by atoms with Crippen molar-refractivity contribution in [2.45, 2.75) is 18.9 Å². The van der Waals surface area contributed by atoms with Gasteiger partial charge in [0.2, 0.25) is 0 Å². The van der Waals surface area contributed by atoms with Gasteiger partial charge in [-0.05, 0) is 36.6 Å². The number of carbonyl (C=O) groups excluding carboxylic acids is 2. The largest absolute Gasteiger partial charge is 0.467 e. The molecule has 27 heavy (non-hydrogen) atoms. The smallest absolute Gasteiger partial charge is 0.309 e. The van der Waals surface area contributed by atoms with E-state index in [0.29, 0.717) is 19.6 Å². The number of rotatable bonds is 8. The average molecular weight is 371 g/mol. The standard InChI is InChI=1S/C20H25N3O4/c1-26-12-5-10-21-19(24)20(25)22-14-17(18-8-4-13-27-18)23-11-9-15-6-2-3-7-16(15)23/h2-4,6-8,13,17H,5,9-12,14H2,1H3,(H,21,24)(H,22,25)/t17-/m0/s1. The van der Waals surface area contributed by atoms with Crippen LogP contribution in [0.15, 0.2) is 47.1 Å². The minimum atomic E-state index is -0.642. The molecule has 7 nitrogen and oxygen atoms in total.